The molecule has 6 heteroatoms. The predicted molar refractivity (Wildman–Crippen MR) is 69.2 cm³/mol. The highest BCUT2D eigenvalue weighted by molar-refractivity contribution is 6.10. The highest BCUT2D eigenvalue weighted by atomic mass is 16.4. The van der Waals surface area contributed by atoms with E-state index >= 15 is 0 Å². The molecule has 0 saturated heterocycles. The summed E-state index contributed by atoms with van der Waals surface area (Å²) in [5.41, 5.74) is -0.775. The molecule has 0 aliphatic carbocycles. The molecule has 0 aromatic heterocycles. The van der Waals surface area contributed by atoms with E-state index in [1.54, 1.807) is 18.2 Å². The van der Waals surface area contributed by atoms with Gasteiger partial charge in [0, 0.05) is 0 Å². The van der Waals surface area contributed by atoms with Crippen molar-refractivity contribution in [2.75, 3.05) is 0 Å². The minimum Gasteiger partial charge on any atom is -0.481 e. The van der Waals surface area contributed by atoms with E-state index < -0.39 is 24.3 Å². The second kappa shape index (κ2) is 5.00. The number of carboxylic acids is 3. The maximum atomic E-state index is 11.4. The molecule has 0 aliphatic rings. The lowest BCUT2D eigenvalue weighted by atomic mass is 9.92. The highest BCUT2D eigenvalue weighted by Crippen LogP contribution is 2.27. The molecule has 2 rings (SSSR count). The van der Waals surface area contributed by atoms with Gasteiger partial charge in [-0.3, -0.25) is 4.79 Å². The molecule has 2 aromatic carbocycles. The monoisotopic (exact) mass is 274 g/mol. The summed E-state index contributed by atoms with van der Waals surface area (Å²) in [5.74, 6) is -3.99. The molecule has 0 aliphatic heterocycles. The minimum absolute atomic E-state index is 0.198. The standard InChI is InChI=1S/C14H10O6/c15-11(16)6-9-10(13(17)18)5-7-3-1-2-4-8(7)12(9)14(19)20/h1-5H,6H2,(H,15,16)(H,17,18)(H,19,20). The van der Waals surface area contributed by atoms with Crippen molar-refractivity contribution >= 4 is 28.7 Å². The van der Waals surface area contributed by atoms with Crippen molar-refractivity contribution in [3.05, 3.63) is 47.0 Å². The van der Waals surface area contributed by atoms with Gasteiger partial charge in [-0.1, -0.05) is 24.3 Å². The third-order valence-corrected chi connectivity index (χ3v) is 2.93. The van der Waals surface area contributed by atoms with E-state index in [-0.39, 0.29) is 16.7 Å². The first-order chi connectivity index (χ1) is 9.41. The number of hydrogen-bond donors (Lipinski definition) is 3. The van der Waals surface area contributed by atoms with Crippen LogP contribution in [0.15, 0.2) is 30.3 Å². The quantitative estimate of drug-likeness (QED) is 0.784. The Morgan fingerprint density at radius 2 is 1.60 bits per heavy atom. The van der Waals surface area contributed by atoms with Gasteiger partial charge in [0.05, 0.1) is 17.5 Å². The SMILES string of the molecule is O=C(O)Cc1c(C(=O)O)cc2ccccc2c1C(=O)O. The van der Waals surface area contributed by atoms with Gasteiger partial charge in [-0.05, 0) is 22.4 Å². The number of carboxylic acid groups (broad SMARTS) is 3. The summed E-state index contributed by atoms with van der Waals surface area (Å²) in [6.45, 7) is 0. The van der Waals surface area contributed by atoms with Crippen LogP contribution in [0.4, 0.5) is 0 Å². The molecule has 3 N–H and O–H groups in total. The molecule has 6 nitrogen and oxygen atoms in total. The fourth-order valence-corrected chi connectivity index (χ4v) is 2.16. The molecule has 20 heavy (non-hydrogen) atoms. The van der Waals surface area contributed by atoms with Gasteiger partial charge in [-0.2, -0.15) is 0 Å². The Morgan fingerprint density at radius 3 is 2.15 bits per heavy atom. The van der Waals surface area contributed by atoms with Gasteiger partial charge in [0.15, 0.2) is 0 Å². The average molecular weight is 274 g/mol. The zero-order chi connectivity index (χ0) is 14.9. The van der Waals surface area contributed by atoms with Gasteiger partial charge in [-0.25, -0.2) is 9.59 Å². The minimum atomic E-state index is -1.35. The summed E-state index contributed by atoms with van der Waals surface area (Å²) >= 11 is 0. The summed E-state index contributed by atoms with van der Waals surface area (Å²) in [6, 6.07) is 7.66. The van der Waals surface area contributed by atoms with Crippen LogP contribution in [-0.4, -0.2) is 33.2 Å². The Morgan fingerprint density at radius 1 is 0.950 bits per heavy atom. The summed E-state index contributed by atoms with van der Waals surface area (Å²) in [4.78, 5) is 33.5. The predicted octanol–water partition coefficient (Wildman–Crippen LogP) is 1.86. The van der Waals surface area contributed by atoms with Crippen molar-refractivity contribution < 1.29 is 29.7 Å². The van der Waals surface area contributed by atoms with E-state index in [2.05, 4.69) is 0 Å². The molecule has 2 aromatic rings. The molecule has 0 fully saturated rings. The molecular formula is C14H10O6. The van der Waals surface area contributed by atoms with Gasteiger partial charge < -0.3 is 15.3 Å². The highest BCUT2D eigenvalue weighted by Gasteiger charge is 2.23. The number of aromatic carboxylic acids is 2. The van der Waals surface area contributed by atoms with Crippen molar-refractivity contribution in [3.63, 3.8) is 0 Å². The third-order valence-electron chi connectivity index (χ3n) is 2.93. The van der Waals surface area contributed by atoms with Gasteiger partial charge in [0.25, 0.3) is 0 Å². The van der Waals surface area contributed by atoms with Gasteiger partial charge in [0.2, 0.25) is 0 Å². The molecule has 0 heterocycles. The van der Waals surface area contributed by atoms with Crippen LogP contribution in [0.25, 0.3) is 10.8 Å². The first kappa shape index (κ1) is 13.5. The first-order valence-electron chi connectivity index (χ1n) is 5.65. The van der Waals surface area contributed by atoms with Gasteiger partial charge in [0.1, 0.15) is 0 Å². The Labute approximate surface area is 112 Å². The van der Waals surface area contributed by atoms with Gasteiger partial charge in [-0.15, -0.1) is 0 Å². The van der Waals surface area contributed by atoms with E-state index in [0.29, 0.717) is 10.8 Å². The van der Waals surface area contributed by atoms with Crippen LogP contribution in [-0.2, 0) is 11.2 Å². The fraction of sp³-hybridized carbons (Fsp3) is 0.0714. The summed E-state index contributed by atoms with van der Waals surface area (Å²) in [5, 5.41) is 28.1. The van der Waals surface area contributed by atoms with Crippen molar-refractivity contribution in [1.82, 2.24) is 0 Å². The molecule has 102 valence electrons. The Kier molecular flexibility index (Phi) is 3.39. The molecule has 0 atom stereocenters. The third kappa shape index (κ3) is 2.31. The van der Waals surface area contributed by atoms with Crippen LogP contribution < -0.4 is 0 Å². The van der Waals surface area contributed by atoms with Crippen LogP contribution in [0.3, 0.4) is 0 Å². The van der Waals surface area contributed by atoms with Crippen molar-refractivity contribution in [3.8, 4) is 0 Å². The smallest absolute Gasteiger partial charge is 0.336 e. The lowest BCUT2D eigenvalue weighted by Gasteiger charge is -2.11. The maximum Gasteiger partial charge on any atom is 0.336 e. The normalized spacial score (nSPS) is 10.4. The lowest BCUT2D eigenvalue weighted by Crippen LogP contribution is -2.14. The summed E-state index contributed by atoms with van der Waals surface area (Å²) < 4.78 is 0. The molecule has 0 radical (unpaired) electrons. The number of rotatable bonds is 4. The summed E-state index contributed by atoms with van der Waals surface area (Å²) in [7, 11) is 0. The number of fused-ring (bicyclic) bond motifs is 1. The first-order valence-corrected chi connectivity index (χ1v) is 5.65. The van der Waals surface area contributed by atoms with E-state index in [1.807, 2.05) is 0 Å². The van der Waals surface area contributed by atoms with Crippen molar-refractivity contribution in [2.45, 2.75) is 6.42 Å². The maximum absolute atomic E-state index is 11.4. The van der Waals surface area contributed by atoms with Crippen LogP contribution in [0.5, 0.6) is 0 Å². The fourth-order valence-electron chi connectivity index (χ4n) is 2.16. The second-order valence-corrected chi connectivity index (χ2v) is 4.18. The van der Waals surface area contributed by atoms with Crippen molar-refractivity contribution in [1.29, 1.82) is 0 Å². The van der Waals surface area contributed by atoms with E-state index in [4.69, 9.17) is 10.2 Å². The molecule has 0 spiro atoms. The van der Waals surface area contributed by atoms with E-state index in [1.165, 1.54) is 12.1 Å². The van der Waals surface area contributed by atoms with Crippen LogP contribution in [0.2, 0.25) is 0 Å². The Bertz CT molecular complexity index is 732. The van der Waals surface area contributed by atoms with E-state index in [9.17, 15) is 19.5 Å². The van der Waals surface area contributed by atoms with E-state index in [0.717, 1.165) is 0 Å². The molecule has 0 unspecified atom stereocenters. The molecule has 0 saturated carbocycles. The van der Waals surface area contributed by atoms with Crippen LogP contribution >= 0.6 is 0 Å². The Balaban J connectivity index is 2.92. The van der Waals surface area contributed by atoms with Gasteiger partial charge >= 0.3 is 17.9 Å². The van der Waals surface area contributed by atoms with Crippen LogP contribution in [0, 0.1) is 0 Å². The number of carbonyl (C=O) groups is 3. The summed E-state index contributed by atoms with van der Waals surface area (Å²) in [6.07, 6.45) is -0.659. The van der Waals surface area contributed by atoms with Crippen molar-refractivity contribution in [2.24, 2.45) is 0 Å². The molecule has 0 bridgehead atoms. The topological polar surface area (TPSA) is 112 Å². The second-order valence-electron chi connectivity index (χ2n) is 4.18. The largest absolute Gasteiger partial charge is 0.481 e. The number of hydrogen-bond acceptors (Lipinski definition) is 3. The zero-order valence-electron chi connectivity index (χ0n) is 10.2. The number of aliphatic carboxylic acids is 1. The molecular weight excluding hydrogens is 264 g/mol. The zero-order valence-corrected chi connectivity index (χ0v) is 10.2. The molecule has 0 amide bonds. The Hall–Kier alpha value is -2.89. The van der Waals surface area contributed by atoms with Crippen LogP contribution in [0.1, 0.15) is 26.3 Å². The average Bonchev–Trinajstić information content (AvgIpc) is 2.36. The lowest BCUT2D eigenvalue weighted by molar-refractivity contribution is -0.136. The number of benzene rings is 2.